The summed E-state index contributed by atoms with van der Waals surface area (Å²) in [7, 11) is 3.12. The van der Waals surface area contributed by atoms with E-state index >= 15 is 0 Å². The molecule has 7 nitrogen and oxygen atoms in total. The summed E-state index contributed by atoms with van der Waals surface area (Å²) in [6, 6.07) is 11.8. The highest BCUT2D eigenvalue weighted by atomic mass is 19.4. The minimum absolute atomic E-state index is 0.00746. The maximum Gasteiger partial charge on any atom is 0.420 e. The van der Waals surface area contributed by atoms with Crippen molar-refractivity contribution in [1.29, 1.82) is 0 Å². The number of hydrogen-bond donors (Lipinski definition) is 1. The monoisotopic (exact) mass is 604 g/mol. The number of carbonyl (C=O) groups excluding carboxylic acids is 2. The predicted molar refractivity (Wildman–Crippen MR) is 157 cm³/mol. The summed E-state index contributed by atoms with van der Waals surface area (Å²) in [5.41, 5.74) is 1.19. The first-order valence-electron chi connectivity index (χ1n) is 15.0. The molecule has 236 valence electrons. The molecule has 1 saturated carbocycles. The third-order valence-corrected chi connectivity index (χ3v) is 8.27. The van der Waals surface area contributed by atoms with E-state index in [4.69, 9.17) is 14.2 Å². The van der Waals surface area contributed by atoms with Gasteiger partial charge in [-0.2, -0.15) is 13.2 Å². The summed E-state index contributed by atoms with van der Waals surface area (Å²) in [6.07, 6.45) is -2.39. The van der Waals surface area contributed by atoms with Gasteiger partial charge in [0.15, 0.2) is 0 Å². The normalized spacial score (nSPS) is 22.7. The zero-order chi connectivity index (χ0) is 31.4. The van der Waals surface area contributed by atoms with E-state index in [1.165, 1.54) is 35.3 Å². The largest absolute Gasteiger partial charge is 0.488 e. The van der Waals surface area contributed by atoms with Crippen molar-refractivity contribution >= 4 is 12.1 Å². The lowest BCUT2D eigenvalue weighted by molar-refractivity contribution is -0.146. The fraction of sp³-hybridized carbons (Fsp3) is 0.576. The molecule has 0 radical (unpaired) electrons. The number of likely N-dealkylation sites (tertiary alicyclic amines) is 1. The Kier molecular flexibility index (Phi) is 10.3. The number of methoxy groups -OCH3 is 1. The predicted octanol–water partition coefficient (Wildman–Crippen LogP) is 6.87. The van der Waals surface area contributed by atoms with Crippen LogP contribution >= 0.6 is 0 Å². The third kappa shape index (κ3) is 8.22. The Balaban J connectivity index is 1.49. The molecule has 1 saturated heterocycles. The smallest absolute Gasteiger partial charge is 0.420 e. The Morgan fingerprint density at radius 1 is 0.977 bits per heavy atom. The van der Waals surface area contributed by atoms with Crippen molar-refractivity contribution in [3.05, 3.63) is 64.7 Å². The average Bonchev–Trinajstić information content (AvgIpc) is 3.36. The van der Waals surface area contributed by atoms with Gasteiger partial charge in [0.25, 0.3) is 0 Å². The number of benzene rings is 2. The molecule has 2 aromatic carbocycles. The number of hydrogen-bond acceptors (Lipinski definition) is 6. The summed E-state index contributed by atoms with van der Waals surface area (Å²) in [6.45, 7) is 5.76. The summed E-state index contributed by atoms with van der Waals surface area (Å²) >= 11 is 0. The molecule has 0 aromatic heterocycles. The highest BCUT2D eigenvalue weighted by Gasteiger charge is 2.45. The summed E-state index contributed by atoms with van der Waals surface area (Å²) in [4.78, 5) is 26.4. The molecule has 43 heavy (non-hydrogen) atoms. The second-order valence-corrected chi connectivity index (χ2v) is 12.6. The molecule has 1 amide bonds. The van der Waals surface area contributed by atoms with Crippen LogP contribution in [0.15, 0.2) is 42.5 Å². The molecule has 2 atom stereocenters. The van der Waals surface area contributed by atoms with E-state index < -0.39 is 41.5 Å². The van der Waals surface area contributed by atoms with Crippen molar-refractivity contribution in [3.8, 4) is 5.75 Å². The van der Waals surface area contributed by atoms with Gasteiger partial charge in [0.2, 0.25) is 0 Å². The summed E-state index contributed by atoms with van der Waals surface area (Å²) in [5, 5.41) is 3.22. The Morgan fingerprint density at radius 2 is 1.65 bits per heavy atom. The zero-order valence-corrected chi connectivity index (χ0v) is 25.6. The number of rotatable bonds is 8. The number of ether oxygens (including phenoxy) is 3. The van der Waals surface area contributed by atoms with E-state index in [1.54, 1.807) is 26.8 Å². The van der Waals surface area contributed by atoms with Crippen LogP contribution in [0.4, 0.5) is 18.0 Å². The van der Waals surface area contributed by atoms with Crippen molar-refractivity contribution in [2.45, 2.75) is 95.7 Å². The van der Waals surface area contributed by atoms with E-state index in [9.17, 15) is 22.8 Å². The maximum absolute atomic E-state index is 14.5. The lowest BCUT2D eigenvalue weighted by Gasteiger charge is -2.31. The summed E-state index contributed by atoms with van der Waals surface area (Å²) in [5.74, 6) is -0.442. The van der Waals surface area contributed by atoms with E-state index in [2.05, 4.69) is 17.4 Å². The Morgan fingerprint density at radius 3 is 2.28 bits per heavy atom. The molecule has 1 aliphatic carbocycles. The number of carbonyl (C=O) groups is 2. The molecule has 0 bridgehead atoms. The van der Waals surface area contributed by atoms with Crippen LogP contribution in [0.3, 0.4) is 0 Å². The average molecular weight is 605 g/mol. The van der Waals surface area contributed by atoms with Gasteiger partial charge >= 0.3 is 18.2 Å². The lowest BCUT2D eigenvalue weighted by atomic mass is 9.75. The molecule has 4 rings (SSSR count). The first-order chi connectivity index (χ1) is 20.3. The van der Waals surface area contributed by atoms with Gasteiger partial charge in [-0.05, 0) is 94.5 Å². The maximum atomic E-state index is 14.5. The molecule has 0 unspecified atom stereocenters. The molecule has 10 heteroatoms. The number of amides is 1. The first-order valence-corrected chi connectivity index (χ1v) is 15.0. The molecule has 2 fully saturated rings. The quantitative estimate of drug-likeness (QED) is 0.332. The molecule has 2 aromatic rings. The SMILES string of the molecule is CNCc1ccccc1C1CCC(Cc2cccc(O[C@H]3C[C@@H](C(=O)OC)N(C(=O)OC(C)(C)C)C3)c2C(F)(F)F)CC1. The summed E-state index contributed by atoms with van der Waals surface area (Å²) < 4.78 is 59.8. The van der Waals surface area contributed by atoms with Crippen LogP contribution in [-0.4, -0.2) is 55.4 Å². The third-order valence-electron chi connectivity index (χ3n) is 8.27. The second-order valence-electron chi connectivity index (χ2n) is 12.6. The van der Waals surface area contributed by atoms with Gasteiger partial charge in [-0.3, -0.25) is 4.90 Å². The molecule has 2 aliphatic rings. The number of nitrogens with one attached hydrogen (secondary N) is 1. The molecule has 1 N–H and O–H groups in total. The topological polar surface area (TPSA) is 77.1 Å². The van der Waals surface area contributed by atoms with Crippen molar-refractivity contribution in [2.24, 2.45) is 5.92 Å². The second kappa shape index (κ2) is 13.6. The minimum Gasteiger partial charge on any atom is -0.488 e. The van der Waals surface area contributed by atoms with Crippen LogP contribution < -0.4 is 10.1 Å². The van der Waals surface area contributed by atoms with E-state index in [0.717, 1.165) is 32.2 Å². The molecular weight excluding hydrogens is 561 g/mol. The van der Waals surface area contributed by atoms with Crippen LogP contribution in [-0.2, 0) is 33.4 Å². The van der Waals surface area contributed by atoms with Crippen LogP contribution in [0.1, 0.15) is 81.0 Å². The Labute approximate surface area is 252 Å². The number of halogens is 3. The highest BCUT2D eigenvalue weighted by Crippen LogP contribution is 2.43. The molecule has 1 heterocycles. The van der Waals surface area contributed by atoms with Gasteiger partial charge < -0.3 is 19.5 Å². The van der Waals surface area contributed by atoms with Gasteiger partial charge in [-0.1, -0.05) is 36.4 Å². The van der Waals surface area contributed by atoms with Gasteiger partial charge in [-0.25, -0.2) is 9.59 Å². The number of nitrogens with zero attached hydrogens (tertiary/aromatic N) is 1. The van der Waals surface area contributed by atoms with Gasteiger partial charge in [0, 0.05) is 13.0 Å². The van der Waals surface area contributed by atoms with Crippen molar-refractivity contribution in [2.75, 3.05) is 20.7 Å². The van der Waals surface area contributed by atoms with Gasteiger partial charge in [-0.15, -0.1) is 0 Å². The minimum atomic E-state index is -4.64. The van der Waals surface area contributed by atoms with E-state index in [-0.39, 0.29) is 30.2 Å². The van der Waals surface area contributed by atoms with Crippen LogP contribution in [0.2, 0.25) is 0 Å². The Bertz CT molecular complexity index is 1270. The van der Waals surface area contributed by atoms with Crippen molar-refractivity contribution < 1.29 is 37.0 Å². The Hall–Kier alpha value is -3.27. The number of esters is 1. The fourth-order valence-corrected chi connectivity index (χ4v) is 6.38. The van der Waals surface area contributed by atoms with E-state index in [0.29, 0.717) is 12.3 Å². The molecular formula is C33H43F3N2O5. The van der Waals surface area contributed by atoms with Crippen molar-refractivity contribution in [1.82, 2.24) is 10.2 Å². The number of alkyl halides is 3. The standard InChI is InChI=1S/C33H43F3N2O5/c1-32(2,3)43-31(40)38-20-25(18-27(38)30(39)41-5)42-28-12-8-10-23(29(28)33(34,35)36)17-21-13-15-22(16-14-21)26-11-7-6-9-24(26)19-37-4/h6-12,21-22,25,27,37H,13-20H2,1-5H3/t21?,22?,25-,27-/m0/s1. The van der Waals surface area contributed by atoms with Crippen LogP contribution in [0.25, 0.3) is 0 Å². The fourth-order valence-electron chi connectivity index (χ4n) is 6.38. The van der Waals surface area contributed by atoms with Crippen LogP contribution in [0.5, 0.6) is 5.75 Å². The lowest BCUT2D eigenvalue weighted by Crippen LogP contribution is -2.44. The van der Waals surface area contributed by atoms with Gasteiger partial charge in [0.1, 0.15) is 29.1 Å². The van der Waals surface area contributed by atoms with Crippen molar-refractivity contribution in [3.63, 3.8) is 0 Å². The van der Waals surface area contributed by atoms with E-state index in [1.807, 2.05) is 19.2 Å². The molecule has 0 spiro atoms. The highest BCUT2D eigenvalue weighted by molar-refractivity contribution is 5.82. The first kappa shape index (κ1) is 32.6. The molecule has 1 aliphatic heterocycles. The zero-order valence-electron chi connectivity index (χ0n) is 25.6. The van der Waals surface area contributed by atoms with Crippen LogP contribution in [0, 0.1) is 5.92 Å². The van der Waals surface area contributed by atoms with Gasteiger partial charge in [0.05, 0.1) is 13.7 Å².